The van der Waals surface area contributed by atoms with Gasteiger partial charge >= 0.3 is 5.97 Å². The van der Waals surface area contributed by atoms with Crippen molar-refractivity contribution >= 4 is 12.0 Å². The van der Waals surface area contributed by atoms with E-state index in [0.29, 0.717) is 0 Å². The average molecular weight is 233 g/mol. The maximum absolute atomic E-state index is 11.3. The summed E-state index contributed by atoms with van der Waals surface area (Å²) in [7, 11) is 3.18. The second-order valence-corrected chi connectivity index (χ2v) is 3.75. The summed E-state index contributed by atoms with van der Waals surface area (Å²) in [5, 5.41) is 2.94. The van der Waals surface area contributed by atoms with E-state index in [9.17, 15) is 4.79 Å². The van der Waals surface area contributed by atoms with Gasteiger partial charge in [0.25, 0.3) is 0 Å². The zero-order chi connectivity index (χ0) is 12.5. The lowest BCUT2D eigenvalue weighted by molar-refractivity contribution is -0.143. The van der Waals surface area contributed by atoms with Crippen LogP contribution in [0.15, 0.2) is 36.4 Å². The van der Waals surface area contributed by atoms with E-state index in [1.807, 2.05) is 30.3 Å². The standard InChI is InChI=1S/C14H19NO2/c1-15-13(14(16)17-2)11-7-6-10-12-8-4-3-5-9-12/h3-6,8-10,13,15H,7,11H2,1-2H3/b10-6+. The van der Waals surface area contributed by atoms with Crippen LogP contribution in [0.1, 0.15) is 18.4 Å². The molecule has 92 valence electrons. The number of carbonyl (C=O) groups is 1. The lowest BCUT2D eigenvalue weighted by Crippen LogP contribution is -2.34. The summed E-state index contributed by atoms with van der Waals surface area (Å²) in [4.78, 5) is 11.3. The van der Waals surface area contributed by atoms with Crippen LogP contribution in [0.2, 0.25) is 0 Å². The highest BCUT2D eigenvalue weighted by Crippen LogP contribution is 2.05. The van der Waals surface area contributed by atoms with E-state index >= 15 is 0 Å². The van der Waals surface area contributed by atoms with Crippen molar-refractivity contribution < 1.29 is 9.53 Å². The van der Waals surface area contributed by atoms with Gasteiger partial charge in [-0.05, 0) is 25.5 Å². The van der Waals surface area contributed by atoms with Gasteiger partial charge in [0, 0.05) is 0 Å². The maximum Gasteiger partial charge on any atom is 0.322 e. The van der Waals surface area contributed by atoms with Gasteiger partial charge in [-0.25, -0.2) is 0 Å². The Balaban J connectivity index is 2.36. The van der Waals surface area contributed by atoms with Crippen molar-refractivity contribution in [3.63, 3.8) is 0 Å². The highest BCUT2D eigenvalue weighted by Gasteiger charge is 2.14. The van der Waals surface area contributed by atoms with Crippen LogP contribution in [0.3, 0.4) is 0 Å². The minimum Gasteiger partial charge on any atom is -0.468 e. The Hall–Kier alpha value is -1.61. The van der Waals surface area contributed by atoms with Gasteiger partial charge < -0.3 is 10.1 Å². The number of likely N-dealkylation sites (N-methyl/N-ethyl adjacent to an activating group) is 1. The van der Waals surface area contributed by atoms with Gasteiger partial charge in [0.2, 0.25) is 0 Å². The van der Waals surface area contributed by atoms with Crippen LogP contribution < -0.4 is 5.32 Å². The van der Waals surface area contributed by atoms with Crippen LogP contribution in [0.25, 0.3) is 6.08 Å². The van der Waals surface area contributed by atoms with Crippen molar-refractivity contribution in [2.75, 3.05) is 14.2 Å². The summed E-state index contributed by atoms with van der Waals surface area (Å²) in [6.07, 6.45) is 5.72. The minimum absolute atomic E-state index is 0.208. The van der Waals surface area contributed by atoms with Gasteiger partial charge in [-0.3, -0.25) is 4.79 Å². The van der Waals surface area contributed by atoms with Crippen LogP contribution in [0, 0.1) is 0 Å². The molecule has 0 heterocycles. The third kappa shape index (κ3) is 4.83. The van der Waals surface area contributed by atoms with Gasteiger partial charge in [-0.1, -0.05) is 42.5 Å². The molecule has 0 fully saturated rings. The van der Waals surface area contributed by atoms with Crippen molar-refractivity contribution in [2.45, 2.75) is 18.9 Å². The molecular weight excluding hydrogens is 214 g/mol. The number of rotatable bonds is 6. The van der Waals surface area contributed by atoms with Crippen LogP contribution in [-0.2, 0) is 9.53 Å². The van der Waals surface area contributed by atoms with E-state index in [0.717, 1.165) is 12.8 Å². The number of ether oxygens (including phenoxy) is 1. The Bertz CT molecular complexity index is 360. The molecule has 0 saturated carbocycles. The third-order valence-electron chi connectivity index (χ3n) is 2.57. The second-order valence-electron chi connectivity index (χ2n) is 3.75. The van der Waals surface area contributed by atoms with Gasteiger partial charge in [0.15, 0.2) is 0 Å². The van der Waals surface area contributed by atoms with Crippen LogP contribution in [0.5, 0.6) is 0 Å². The molecule has 3 nitrogen and oxygen atoms in total. The molecule has 1 N–H and O–H groups in total. The summed E-state index contributed by atoms with van der Waals surface area (Å²) in [5.74, 6) is -0.208. The molecule has 1 aromatic rings. The normalized spacial score (nSPS) is 12.6. The van der Waals surface area contributed by atoms with Crippen molar-refractivity contribution in [1.29, 1.82) is 0 Å². The van der Waals surface area contributed by atoms with Gasteiger partial charge in [0.05, 0.1) is 7.11 Å². The molecule has 17 heavy (non-hydrogen) atoms. The quantitative estimate of drug-likeness (QED) is 0.766. The number of hydrogen-bond donors (Lipinski definition) is 1. The average Bonchev–Trinajstić information content (AvgIpc) is 2.39. The SMILES string of the molecule is CNC(CC/C=C/c1ccccc1)C(=O)OC. The van der Waals surface area contributed by atoms with Gasteiger partial charge in [-0.2, -0.15) is 0 Å². The molecule has 0 saturated heterocycles. The molecule has 0 bridgehead atoms. The first kappa shape index (κ1) is 13.5. The first-order chi connectivity index (χ1) is 8.27. The molecule has 0 aliphatic carbocycles. The highest BCUT2D eigenvalue weighted by molar-refractivity contribution is 5.75. The molecule has 0 spiro atoms. The van der Waals surface area contributed by atoms with E-state index in [4.69, 9.17) is 4.74 Å². The topological polar surface area (TPSA) is 38.3 Å². The number of methoxy groups -OCH3 is 1. The van der Waals surface area contributed by atoms with Gasteiger partial charge in [-0.15, -0.1) is 0 Å². The summed E-state index contributed by atoms with van der Waals surface area (Å²) in [5.41, 5.74) is 1.17. The Labute approximate surface area is 102 Å². The summed E-state index contributed by atoms with van der Waals surface area (Å²) >= 11 is 0. The summed E-state index contributed by atoms with van der Waals surface area (Å²) in [6, 6.07) is 9.87. The smallest absolute Gasteiger partial charge is 0.322 e. The second kappa shape index (κ2) is 7.63. The molecule has 1 aromatic carbocycles. The Morgan fingerprint density at radius 2 is 2.12 bits per heavy atom. The molecule has 0 aliphatic rings. The number of carbonyl (C=O) groups excluding carboxylic acids is 1. The van der Waals surface area contributed by atoms with Crippen molar-refractivity contribution in [1.82, 2.24) is 5.32 Å². The van der Waals surface area contributed by atoms with Crippen LogP contribution in [0.4, 0.5) is 0 Å². The predicted octanol–water partition coefficient (Wildman–Crippen LogP) is 2.24. The van der Waals surface area contributed by atoms with Crippen molar-refractivity contribution in [3.05, 3.63) is 42.0 Å². The first-order valence-electron chi connectivity index (χ1n) is 5.74. The fraction of sp³-hybridized carbons (Fsp3) is 0.357. The Morgan fingerprint density at radius 3 is 2.71 bits per heavy atom. The maximum atomic E-state index is 11.3. The summed E-state index contributed by atoms with van der Waals surface area (Å²) < 4.78 is 4.69. The molecule has 0 radical (unpaired) electrons. The molecule has 0 aliphatic heterocycles. The number of nitrogens with one attached hydrogen (secondary N) is 1. The number of esters is 1. The fourth-order valence-electron chi connectivity index (χ4n) is 1.57. The van der Waals surface area contributed by atoms with Crippen molar-refractivity contribution in [3.8, 4) is 0 Å². The van der Waals surface area contributed by atoms with Crippen LogP contribution in [-0.4, -0.2) is 26.2 Å². The Kier molecular flexibility index (Phi) is 6.04. The van der Waals surface area contributed by atoms with E-state index in [1.165, 1.54) is 12.7 Å². The van der Waals surface area contributed by atoms with Gasteiger partial charge in [0.1, 0.15) is 6.04 Å². The lowest BCUT2D eigenvalue weighted by atomic mass is 10.1. The number of allylic oxidation sites excluding steroid dienone is 1. The van der Waals surface area contributed by atoms with E-state index in [2.05, 4.69) is 17.5 Å². The minimum atomic E-state index is -0.222. The molecule has 3 heteroatoms. The Morgan fingerprint density at radius 1 is 1.41 bits per heavy atom. The lowest BCUT2D eigenvalue weighted by Gasteiger charge is -2.11. The zero-order valence-corrected chi connectivity index (χ0v) is 10.3. The summed E-state index contributed by atoms with van der Waals surface area (Å²) in [6.45, 7) is 0. The molecule has 0 amide bonds. The van der Waals surface area contributed by atoms with Crippen molar-refractivity contribution in [2.24, 2.45) is 0 Å². The monoisotopic (exact) mass is 233 g/mol. The van der Waals surface area contributed by atoms with E-state index in [-0.39, 0.29) is 12.0 Å². The highest BCUT2D eigenvalue weighted by atomic mass is 16.5. The molecule has 1 atom stereocenters. The van der Waals surface area contributed by atoms with E-state index in [1.54, 1.807) is 7.05 Å². The van der Waals surface area contributed by atoms with Crippen LogP contribution >= 0.6 is 0 Å². The third-order valence-corrected chi connectivity index (χ3v) is 2.57. The largest absolute Gasteiger partial charge is 0.468 e. The first-order valence-corrected chi connectivity index (χ1v) is 5.74. The molecule has 1 unspecified atom stereocenters. The number of hydrogen-bond acceptors (Lipinski definition) is 3. The molecular formula is C14H19NO2. The zero-order valence-electron chi connectivity index (χ0n) is 10.3. The number of benzene rings is 1. The molecule has 1 rings (SSSR count). The molecule has 0 aromatic heterocycles. The predicted molar refractivity (Wildman–Crippen MR) is 69.6 cm³/mol. The fourth-order valence-corrected chi connectivity index (χ4v) is 1.57. The van der Waals surface area contributed by atoms with E-state index < -0.39 is 0 Å².